The van der Waals surface area contributed by atoms with E-state index in [0.717, 1.165) is 6.07 Å². The lowest BCUT2D eigenvalue weighted by molar-refractivity contribution is -0.394. The van der Waals surface area contributed by atoms with Gasteiger partial charge < -0.3 is 0 Å². The molecule has 0 spiro atoms. The molecule has 0 aromatic heterocycles. The number of non-ortho nitro benzene ring substituents is 2. The maximum Gasteiger partial charge on any atom is 0.276 e. The second kappa shape index (κ2) is 6.11. The van der Waals surface area contributed by atoms with Gasteiger partial charge in [-0.2, -0.15) is 0 Å². The first kappa shape index (κ1) is 15.1. The number of benzene rings is 1. The SMILES string of the molecule is Cl.Cl.O=[N+]([O-])c1cccc([N+](=O)[O-])c1. The Bertz CT molecular complexity index is 315. The van der Waals surface area contributed by atoms with Crippen LogP contribution in [0.15, 0.2) is 24.3 Å². The highest BCUT2D eigenvalue weighted by Gasteiger charge is 2.11. The van der Waals surface area contributed by atoms with Crippen LogP contribution in [0.4, 0.5) is 11.4 Å². The summed E-state index contributed by atoms with van der Waals surface area (Å²) in [5.74, 6) is 0. The highest BCUT2D eigenvalue weighted by atomic mass is 35.5. The van der Waals surface area contributed by atoms with Gasteiger partial charge in [0.1, 0.15) is 0 Å². The van der Waals surface area contributed by atoms with Gasteiger partial charge in [-0.3, -0.25) is 20.2 Å². The van der Waals surface area contributed by atoms with E-state index < -0.39 is 9.85 Å². The fourth-order valence-electron chi connectivity index (χ4n) is 0.720. The van der Waals surface area contributed by atoms with Crippen molar-refractivity contribution < 1.29 is 9.85 Å². The second-order valence-electron chi connectivity index (χ2n) is 2.03. The molecule has 14 heavy (non-hydrogen) atoms. The quantitative estimate of drug-likeness (QED) is 0.587. The van der Waals surface area contributed by atoms with Gasteiger partial charge in [0.15, 0.2) is 0 Å². The summed E-state index contributed by atoms with van der Waals surface area (Å²) < 4.78 is 0. The van der Waals surface area contributed by atoms with Crippen LogP contribution >= 0.6 is 24.8 Å². The molecule has 0 atom stereocenters. The van der Waals surface area contributed by atoms with E-state index in [1.54, 1.807) is 0 Å². The summed E-state index contributed by atoms with van der Waals surface area (Å²) in [4.78, 5) is 19.0. The number of hydrogen-bond acceptors (Lipinski definition) is 4. The molecule has 8 heteroatoms. The summed E-state index contributed by atoms with van der Waals surface area (Å²) in [6.07, 6.45) is 0. The molecule has 0 saturated heterocycles. The van der Waals surface area contributed by atoms with Crippen LogP contribution < -0.4 is 0 Å². The minimum Gasteiger partial charge on any atom is -0.258 e. The molecule has 0 amide bonds. The first-order valence-electron chi connectivity index (χ1n) is 3.00. The van der Waals surface area contributed by atoms with Gasteiger partial charge in [-0.05, 0) is 6.07 Å². The summed E-state index contributed by atoms with van der Waals surface area (Å²) in [5.41, 5.74) is -0.548. The number of nitro benzene ring substituents is 2. The van der Waals surface area contributed by atoms with Crippen molar-refractivity contribution in [3.63, 3.8) is 0 Å². The maximum absolute atomic E-state index is 10.2. The van der Waals surface area contributed by atoms with Crippen LogP contribution in [0.25, 0.3) is 0 Å². The molecule has 0 heterocycles. The first-order valence-corrected chi connectivity index (χ1v) is 3.00. The molecule has 1 rings (SSSR count). The Morgan fingerprint density at radius 1 is 0.929 bits per heavy atom. The van der Waals surface area contributed by atoms with Crippen LogP contribution in [0.1, 0.15) is 0 Å². The summed E-state index contributed by atoms with van der Waals surface area (Å²) in [6, 6.07) is 4.59. The maximum atomic E-state index is 10.2. The van der Waals surface area contributed by atoms with Gasteiger partial charge in [-0.15, -0.1) is 24.8 Å². The number of nitro groups is 2. The lowest BCUT2D eigenvalue weighted by Gasteiger charge is -1.90. The van der Waals surface area contributed by atoms with Gasteiger partial charge in [0.05, 0.1) is 15.9 Å². The molecule has 0 N–H and O–H groups in total. The Morgan fingerprint density at radius 2 is 1.29 bits per heavy atom. The average Bonchev–Trinajstić information content (AvgIpc) is 2.04. The van der Waals surface area contributed by atoms with Gasteiger partial charge >= 0.3 is 0 Å². The van der Waals surface area contributed by atoms with Crippen LogP contribution in [-0.4, -0.2) is 9.85 Å². The molecule has 0 fully saturated rings. The van der Waals surface area contributed by atoms with Crippen molar-refractivity contribution in [2.45, 2.75) is 0 Å². The smallest absolute Gasteiger partial charge is 0.258 e. The third kappa shape index (κ3) is 3.55. The van der Waals surface area contributed by atoms with Gasteiger partial charge in [-0.1, -0.05) is 0 Å². The molecule has 0 unspecified atom stereocenters. The molecular formula is C6H6Cl2N2O4. The Morgan fingerprint density at radius 3 is 1.57 bits per heavy atom. The van der Waals surface area contributed by atoms with Crippen molar-refractivity contribution in [2.24, 2.45) is 0 Å². The monoisotopic (exact) mass is 240 g/mol. The molecule has 0 saturated carbocycles. The second-order valence-corrected chi connectivity index (χ2v) is 2.03. The predicted octanol–water partition coefficient (Wildman–Crippen LogP) is 2.35. The Balaban J connectivity index is 0. The molecule has 6 nitrogen and oxygen atoms in total. The number of rotatable bonds is 2. The topological polar surface area (TPSA) is 86.3 Å². The molecule has 0 radical (unpaired) electrons. The first-order chi connectivity index (χ1) is 5.61. The Labute approximate surface area is 91.0 Å². The molecule has 0 bridgehead atoms. The minimum atomic E-state index is -0.674. The van der Waals surface area contributed by atoms with Gasteiger partial charge in [0, 0.05) is 12.1 Å². The molecule has 1 aromatic rings. The van der Waals surface area contributed by atoms with E-state index in [1.807, 2.05) is 0 Å². The van der Waals surface area contributed by atoms with E-state index in [4.69, 9.17) is 0 Å². The third-order valence-corrected chi connectivity index (χ3v) is 1.25. The van der Waals surface area contributed by atoms with Gasteiger partial charge in [0.25, 0.3) is 11.4 Å². The number of hydrogen-bond donors (Lipinski definition) is 0. The van der Waals surface area contributed by atoms with E-state index in [0.29, 0.717) is 0 Å². The van der Waals surface area contributed by atoms with Crippen molar-refractivity contribution >= 4 is 36.2 Å². The van der Waals surface area contributed by atoms with Crippen molar-refractivity contribution in [2.75, 3.05) is 0 Å². The summed E-state index contributed by atoms with van der Waals surface area (Å²) in [5, 5.41) is 20.3. The fraction of sp³-hybridized carbons (Fsp3) is 0. The van der Waals surface area contributed by atoms with E-state index in [2.05, 4.69) is 0 Å². The molecule has 78 valence electrons. The predicted molar refractivity (Wildman–Crippen MR) is 54.2 cm³/mol. The molecule has 1 aromatic carbocycles. The number of nitrogens with zero attached hydrogens (tertiary/aromatic N) is 2. The van der Waals surface area contributed by atoms with E-state index >= 15 is 0 Å². The van der Waals surface area contributed by atoms with Crippen LogP contribution in [-0.2, 0) is 0 Å². The van der Waals surface area contributed by atoms with Crippen molar-refractivity contribution in [1.29, 1.82) is 0 Å². The van der Waals surface area contributed by atoms with E-state index in [1.165, 1.54) is 18.2 Å². The zero-order chi connectivity index (χ0) is 9.14. The fourth-order valence-corrected chi connectivity index (χ4v) is 0.720. The van der Waals surface area contributed by atoms with Crippen LogP contribution in [0.5, 0.6) is 0 Å². The standard InChI is InChI=1S/C6H4N2O4.2ClH/c9-7(10)5-2-1-3-6(4-5)8(11)12;;/h1-4H;2*1H. The van der Waals surface area contributed by atoms with E-state index in [9.17, 15) is 20.2 Å². The lowest BCUT2D eigenvalue weighted by atomic mass is 10.3. The summed E-state index contributed by atoms with van der Waals surface area (Å²) >= 11 is 0. The largest absolute Gasteiger partial charge is 0.276 e. The van der Waals surface area contributed by atoms with Crippen LogP contribution in [0.2, 0.25) is 0 Å². The molecule has 0 aliphatic rings. The lowest BCUT2D eigenvalue weighted by Crippen LogP contribution is -1.91. The number of halogens is 2. The molecule has 0 aliphatic heterocycles. The van der Waals surface area contributed by atoms with Gasteiger partial charge in [-0.25, -0.2) is 0 Å². The minimum absolute atomic E-state index is 0. The Hall–Kier alpha value is -1.40. The van der Waals surface area contributed by atoms with Crippen molar-refractivity contribution in [3.8, 4) is 0 Å². The highest BCUT2D eigenvalue weighted by molar-refractivity contribution is 5.85. The highest BCUT2D eigenvalue weighted by Crippen LogP contribution is 2.18. The average molecular weight is 241 g/mol. The molecular weight excluding hydrogens is 235 g/mol. The third-order valence-electron chi connectivity index (χ3n) is 1.25. The normalized spacial score (nSPS) is 8.00. The van der Waals surface area contributed by atoms with Crippen molar-refractivity contribution in [1.82, 2.24) is 0 Å². The van der Waals surface area contributed by atoms with E-state index in [-0.39, 0.29) is 36.2 Å². The molecule has 0 aliphatic carbocycles. The van der Waals surface area contributed by atoms with Crippen molar-refractivity contribution in [3.05, 3.63) is 44.5 Å². The van der Waals surface area contributed by atoms with Crippen LogP contribution in [0, 0.1) is 20.2 Å². The van der Waals surface area contributed by atoms with Gasteiger partial charge in [0.2, 0.25) is 0 Å². The summed E-state index contributed by atoms with van der Waals surface area (Å²) in [6.45, 7) is 0. The van der Waals surface area contributed by atoms with Crippen LogP contribution in [0.3, 0.4) is 0 Å². The summed E-state index contributed by atoms with van der Waals surface area (Å²) in [7, 11) is 0. The zero-order valence-electron chi connectivity index (χ0n) is 6.65. The Kier molecular flexibility index (Phi) is 6.59. The zero-order valence-corrected chi connectivity index (χ0v) is 8.29.